The number of aryl methyl sites for hydroxylation is 2. The van der Waals surface area contributed by atoms with E-state index in [0.29, 0.717) is 50.1 Å². The molecule has 2 aromatic heterocycles. The number of aromatic nitrogens is 3. The fourth-order valence-electron chi connectivity index (χ4n) is 6.09. The summed E-state index contributed by atoms with van der Waals surface area (Å²) in [6.45, 7) is 1.14. The maximum Gasteiger partial charge on any atom is 0.344 e. The number of H-pyrrole nitrogens is 1. The number of fused-ring (bicyclic) bond motifs is 2. The van der Waals surface area contributed by atoms with Gasteiger partial charge in [-0.1, -0.05) is 18.2 Å². The van der Waals surface area contributed by atoms with Gasteiger partial charge in [-0.25, -0.2) is 9.78 Å². The second-order valence-corrected chi connectivity index (χ2v) is 11.2. The number of para-hydroxylation sites is 1. The van der Waals surface area contributed by atoms with E-state index in [1.165, 1.54) is 5.56 Å². The van der Waals surface area contributed by atoms with E-state index in [9.17, 15) is 19.5 Å². The summed E-state index contributed by atoms with van der Waals surface area (Å²) >= 11 is 0. The first-order valence-corrected chi connectivity index (χ1v) is 14.9. The van der Waals surface area contributed by atoms with Crippen LogP contribution in [-0.2, 0) is 22.4 Å². The van der Waals surface area contributed by atoms with Crippen molar-refractivity contribution in [2.45, 2.75) is 63.5 Å². The average molecular weight is 582 g/mol. The Balaban J connectivity index is 0.989. The van der Waals surface area contributed by atoms with Crippen LogP contribution in [0.15, 0.2) is 67.0 Å². The summed E-state index contributed by atoms with van der Waals surface area (Å²) < 4.78 is 5.78. The third-order valence-corrected chi connectivity index (χ3v) is 8.36. The molecule has 0 aliphatic carbocycles. The number of rotatable bonds is 10. The number of hydrogen-bond acceptors (Lipinski definition) is 6. The lowest BCUT2D eigenvalue weighted by molar-refractivity contribution is -0.145. The first-order chi connectivity index (χ1) is 21.0. The van der Waals surface area contributed by atoms with E-state index >= 15 is 0 Å². The number of aromatic amines is 1. The van der Waals surface area contributed by atoms with Gasteiger partial charge in [0.2, 0.25) is 5.91 Å². The number of aliphatic carboxylic acids is 1. The van der Waals surface area contributed by atoms with Crippen LogP contribution in [0, 0.1) is 0 Å². The molecule has 0 bridgehead atoms. The fourth-order valence-corrected chi connectivity index (χ4v) is 6.09. The van der Waals surface area contributed by atoms with Gasteiger partial charge >= 0.3 is 5.97 Å². The number of carbonyl (C=O) groups excluding carboxylic acids is 2. The minimum atomic E-state index is -1.02. The number of hydrogen-bond donors (Lipinski definition) is 2. The molecule has 1 saturated heterocycles. The standard InChI is InChI=1S/C33H35N5O5/c39-31-14-11-22-5-1-2-6-28(22)38(31)24-16-19-37(20-17-24)32(40)23-9-12-25(13-10-23)43-29(33(41)42)7-3-4-8-30-35-26-15-18-34-21-27(26)36-30/h1-2,5-6,9-10,12-13,15,18,21,24,29H,3-4,7-8,11,14,16-17,19-20H2,(H,35,36)(H,41,42). The van der Waals surface area contributed by atoms with Gasteiger partial charge in [0.25, 0.3) is 5.91 Å². The van der Waals surface area contributed by atoms with Crippen LogP contribution in [0.3, 0.4) is 0 Å². The summed E-state index contributed by atoms with van der Waals surface area (Å²) in [6.07, 6.45) is 7.69. The molecule has 1 fully saturated rings. The molecule has 222 valence electrons. The van der Waals surface area contributed by atoms with Crippen LogP contribution in [-0.4, -0.2) is 68.0 Å². The van der Waals surface area contributed by atoms with Gasteiger partial charge in [-0.05, 0) is 80.5 Å². The summed E-state index contributed by atoms with van der Waals surface area (Å²) in [4.78, 5) is 53.5. The molecule has 1 unspecified atom stereocenters. The Bertz CT molecular complexity index is 1580. The molecule has 0 saturated carbocycles. The molecule has 10 nitrogen and oxygen atoms in total. The number of carboxylic acid groups (broad SMARTS) is 1. The molecule has 4 aromatic rings. The van der Waals surface area contributed by atoms with Gasteiger partial charge < -0.3 is 24.6 Å². The number of ether oxygens (including phenoxy) is 1. The lowest BCUT2D eigenvalue weighted by Crippen LogP contribution is -2.50. The molecule has 0 radical (unpaired) electrons. The first kappa shape index (κ1) is 28.4. The fraction of sp³-hybridized carbons (Fsp3) is 0.364. The second kappa shape index (κ2) is 12.6. The van der Waals surface area contributed by atoms with E-state index in [2.05, 4.69) is 21.0 Å². The Morgan fingerprint density at radius 2 is 1.81 bits per heavy atom. The van der Waals surface area contributed by atoms with Crippen molar-refractivity contribution in [1.29, 1.82) is 0 Å². The highest BCUT2D eigenvalue weighted by molar-refractivity contribution is 5.97. The van der Waals surface area contributed by atoms with Crippen molar-refractivity contribution < 1.29 is 24.2 Å². The van der Waals surface area contributed by atoms with Crippen LogP contribution in [0.5, 0.6) is 5.75 Å². The van der Waals surface area contributed by atoms with Crippen molar-refractivity contribution in [3.63, 3.8) is 0 Å². The number of carboxylic acids is 1. The maximum absolute atomic E-state index is 13.2. The Kier molecular flexibility index (Phi) is 8.35. The zero-order valence-electron chi connectivity index (χ0n) is 23.9. The maximum atomic E-state index is 13.2. The Labute approximate surface area is 249 Å². The van der Waals surface area contributed by atoms with Crippen LogP contribution in [0.4, 0.5) is 5.69 Å². The number of pyridine rings is 1. The Hall–Kier alpha value is -4.73. The minimum absolute atomic E-state index is 0.0773. The smallest absolute Gasteiger partial charge is 0.344 e. The summed E-state index contributed by atoms with van der Waals surface area (Å²) in [6, 6.07) is 16.7. The monoisotopic (exact) mass is 581 g/mol. The minimum Gasteiger partial charge on any atom is -0.479 e. The number of nitrogens with zero attached hydrogens (tertiary/aromatic N) is 4. The molecule has 43 heavy (non-hydrogen) atoms. The molecular formula is C33H35N5O5. The van der Waals surface area contributed by atoms with Crippen LogP contribution in [0.2, 0.25) is 0 Å². The van der Waals surface area contributed by atoms with Crippen molar-refractivity contribution in [2.75, 3.05) is 18.0 Å². The van der Waals surface area contributed by atoms with Crippen LogP contribution in [0.25, 0.3) is 11.0 Å². The average Bonchev–Trinajstić information content (AvgIpc) is 3.45. The molecule has 2 N–H and O–H groups in total. The van der Waals surface area contributed by atoms with Crippen molar-refractivity contribution in [2.24, 2.45) is 0 Å². The molecule has 6 rings (SSSR count). The van der Waals surface area contributed by atoms with E-state index in [1.807, 2.05) is 34.1 Å². The molecule has 2 aliphatic rings. The number of likely N-dealkylation sites (tertiary alicyclic amines) is 1. The molecule has 10 heteroatoms. The highest BCUT2D eigenvalue weighted by Gasteiger charge is 2.33. The predicted molar refractivity (Wildman–Crippen MR) is 161 cm³/mol. The number of amides is 2. The van der Waals surface area contributed by atoms with E-state index < -0.39 is 12.1 Å². The van der Waals surface area contributed by atoms with E-state index in [4.69, 9.17) is 4.74 Å². The summed E-state index contributed by atoms with van der Waals surface area (Å²) in [5, 5.41) is 9.71. The molecular weight excluding hydrogens is 546 g/mol. The number of anilines is 1. The quantitative estimate of drug-likeness (QED) is 0.258. The van der Waals surface area contributed by atoms with Crippen molar-refractivity contribution in [3.05, 3.63) is 83.9 Å². The van der Waals surface area contributed by atoms with E-state index in [1.54, 1.807) is 36.7 Å². The molecule has 2 amide bonds. The highest BCUT2D eigenvalue weighted by atomic mass is 16.5. The Morgan fingerprint density at radius 3 is 2.58 bits per heavy atom. The van der Waals surface area contributed by atoms with Gasteiger partial charge in [-0.3, -0.25) is 14.6 Å². The Morgan fingerprint density at radius 1 is 1.02 bits per heavy atom. The number of nitrogens with one attached hydrogen (secondary N) is 1. The van der Waals surface area contributed by atoms with Gasteiger partial charge in [0, 0.05) is 49.4 Å². The van der Waals surface area contributed by atoms with Gasteiger partial charge in [0.05, 0.1) is 17.2 Å². The summed E-state index contributed by atoms with van der Waals surface area (Å²) in [5.74, 6) is 0.321. The summed E-state index contributed by atoms with van der Waals surface area (Å²) in [7, 11) is 0. The number of unbranched alkanes of at least 4 members (excludes halogenated alkanes) is 1. The number of carbonyl (C=O) groups is 3. The third kappa shape index (κ3) is 6.38. The number of imidazole rings is 1. The van der Waals surface area contributed by atoms with Crippen LogP contribution < -0.4 is 9.64 Å². The third-order valence-electron chi connectivity index (χ3n) is 8.36. The van der Waals surface area contributed by atoms with Gasteiger partial charge in [-0.15, -0.1) is 0 Å². The zero-order valence-corrected chi connectivity index (χ0v) is 23.9. The normalized spacial score (nSPS) is 16.2. The zero-order chi connectivity index (χ0) is 29.8. The molecule has 4 heterocycles. The van der Waals surface area contributed by atoms with Crippen LogP contribution >= 0.6 is 0 Å². The second-order valence-electron chi connectivity index (χ2n) is 11.2. The first-order valence-electron chi connectivity index (χ1n) is 14.9. The largest absolute Gasteiger partial charge is 0.479 e. The van der Waals surface area contributed by atoms with E-state index in [0.717, 1.165) is 48.2 Å². The molecule has 2 aromatic carbocycles. The van der Waals surface area contributed by atoms with Gasteiger partial charge in [0.1, 0.15) is 11.6 Å². The summed E-state index contributed by atoms with van der Waals surface area (Å²) in [5.41, 5.74) is 4.48. The highest BCUT2D eigenvalue weighted by Crippen LogP contribution is 2.32. The molecule has 1 atom stereocenters. The molecule has 0 spiro atoms. The number of benzene rings is 2. The van der Waals surface area contributed by atoms with Gasteiger partial charge in [-0.2, -0.15) is 0 Å². The molecule has 2 aliphatic heterocycles. The van der Waals surface area contributed by atoms with E-state index in [-0.39, 0.29) is 17.9 Å². The predicted octanol–water partition coefficient (Wildman–Crippen LogP) is 4.79. The lowest BCUT2D eigenvalue weighted by atomic mass is 9.95. The van der Waals surface area contributed by atoms with Gasteiger partial charge in [0.15, 0.2) is 6.10 Å². The van der Waals surface area contributed by atoms with Crippen molar-refractivity contribution in [1.82, 2.24) is 19.9 Å². The SMILES string of the molecule is O=C(O)C(CCCCc1nc2ccncc2[nH]1)Oc1ccc(C(=O)N2CCC(N3C(=O)CCc4ccccc43)CC2)cc1. The lowest BCUT2D eigenvalue weighted by Gasteiger charge is -2.41. The number of piperidine rings is 1. The topological polar surface area (TPSA) is 129 Å². The van der Waals surface area contributed by atoms with Crippen LogP contribution in [0.1, 0.15) is 60.3 Å². The van der Waals surface area contributed by atoms with Crippen molar-refractivity contribution in [3.8, 4) is 5.75 Å². The van der Waals surface area contributed by atoms with Crippen molar-refractivity contribution >= 4 is 34.5 Å².